The third-order valence-electron chi connectivity index (χ3n) is 6.39. The molecule has 0 unspecified atom stereocenters. The van der Waals surface area contributed by atoms with Crippen molar-refractivity contribution < 1.29 is 31.1 Å². The largest absolute Gasteiger partial charge is 0.418 e. The average molecular weight is 551 g/mol. The van der Waals surface area contributed by atoms with Crippen molar-refractivity contribution in [2.45, 2.75) is 18.9 Å². The van der Waals surface area contributed by atoms with Gasteiger partial charge in [-0.1, -0.05) is 66.7 Å². The van der Waals surface area contributed by atoms with Crippen molar-refractivity contribution >= 4 is 22.4 Å². The molecule has 4 aromatic carbocycles. The number of hydrogen-bond acceptors (Lipinski definition) is 3. The molecule has 0 radical (unpaired) electrons. The number of pyridine rings is 1. The minimum atomic E-state index is -4.66. The van der Waals surface area contributed by atoms with Crippen LogP contribution >= 0.6 is 0 Å². The Labute approximate surface area is 225 Å². The van der Waals surface area contributed by atoms with Crippen molar-refractivity contribution in [3.8, 4) is 11.1 Å². The highest BCUT2D eigenvalue weighted by molar-refractivity contribution is 6.16. The normalized spacial score (nSPS) is 11.9. The third kappa shape index (κ3) is 5.54. The van der Waals surface area contributed by atoms with Crippen molar-refractivity contribution in [2.75, 3.05) is 5.32 Å². The van der Waals surface area contributed by atoms with Gasteiger partial charge in [-0.05, 0) is 41.5 Å². The summed E-state index contributed by atoms with van der Waals surface area (Å²) in [7, 11) is 0. The van der Waals surface area contributed by atoms with E-state index in [4.69, 9.17) is 0 Å². The number of hydrogen-bond donors (Lipinski definition) is 1. The zero-order valence-corrected chi connectivity index (χ0v) is 20.6. The fourth-order valence-electron chi connectivity index (χ4n) is 4.53. The number of carbonyl (C=O) groups excluding carboxylic acids is 1. The van der Waals surface area contributed by atoms with Crippen LogP contribution in [0, 0.1) is 0 Å². The first-order valence-electron chi connectivity index (χ1n) is 12.1. The van der Waals surface area contributed by atoms with E-state index in [-0.39, 0.29) is 28.6 Å². The lowest BCUT2D eigenvalue weighted by atomic mass is 9.91. The SMILES string of the molecule is O=C(c1ccccc1)c1cnc2c(C(F)(F)F)cccc2c1-c1cccc(NCc2cccc(C(F)(F)F)c2)c1. The maximum atomic E-state index is 13.8. The maximum Gasteiger partial charge on any atom is 0.418 e. The number of alkyl halides is 6. The maximum absolute atomic E-state index is 13.8. The lowest BCUT2D eigenvalue weighted by molar-refractivity contribution is -0.138. The van der Waals surface area contributed by atoms with Gasteiger partial charge >= 0.3 is 12.4 Å². The number of ketones is 1. The minimum absolute atomic E-state index is 0.0679. The number of benzene rings is 4. The molecule has 202 valence electrons. The van der Waals surface area contributed by atoms with Gasteiger partial charge in [0.15, 0.2) is 5.78 Å². The van der Waals surface area contributed by atoms with Crippen LogP contribution in [-0.4, -0.2) is 10.8 Å². The molecular weight excluding hydrogens is 530 g/mol. The summed E-state index contributed by atoms with van der Waals surface area (Å²) in [5.41, 5.74) is 0.0832. The molecule has 0 atom stereocenters. The molecular formula is C31H20F6N2O. The summed E-state index contributed by atoms with van der Waals surface area (Å²) in [4.78, 5) is 17.6. The second kappa shape index (κ2) is 10.5. The van der Waals surface area contributed by atoms with Crippen LogP contribution in [0.1, 0.15) is 32.6 Å². The standard InChI is InChI=1S/C31H20F6N2O/c32-30(33,34)22-11-4-7-19(15-22)17-38-23-12-5-10-21(16-23)27-24-13-6-14-26(31(35,36)37)28(24)39-18-25(27)29(40)20-8-2-1-3-9-20/h1-16,18,38H,17H2. The van der Waals surface area contributed by atoms with E-state index in [1.807, 2.05) is 0 Å². The summed E-state index contributed by atoms with van der Waals surface area (Å²) in [5.74, 6) is -0.412. The highest BCUT2D eigenvalue weighted by Gasteiger charge is 2.34. The monoisotopic (exact) mass is 550 g/mol. The Morgan fingerprint density at radius 2 is 1.48 bits per heavy atom. The fourth-order valence-corrected chi connectivity index (χ4v) is 4.53. The topological polar surface area (TPSA) is 42.0 Å². The molecule has 0 amide bonds. The van der Waals surface area contributed by atoms with Crippen LogP contribution in [-0.2, 0) is 18.9 Å². The van der Waals surface area contributed by atoms with Crippen molar-refractivity contribution in [1.82, 2.24) is 4.98 Å². The second-order valence-electron chi connectivity index (χ2n) is 9.07. The molecule has 40 heavy (non-hydrogen) atoms. The molecule has 0 fully saturated rings. The van der Waals surface area contributed by atoms with Crippen LogP contribution in [0.15, 0.2) is 103 Å². The van der Waals surface area contributed by atoms with Crippen LogP contribution in [0.25, 0.3) is 22.0 Å². The molecule has 5 aromatic rings. The number of fused-ring (bicyclic) bond motifs is 1. The van der Waals surface area contributed by atoms with E-state index < -0.39 is 29.3 Å². The Bertz CT molecular complexity index is 1690. The fraction of sp³-hybridized carbons (Fsp3) is 0.0968. The highest BCUT2D eigenvalue weighted by atomic mass is 19.4. The molecule has 3 nitrogen and oxygen atoms in total. The smallest absolute Gasteiger partial charge is 0.381 e. The van der Waals surface area contributed by atoms with Gasteiger partial charge in [-0.2, -0.15) is 26.3 Å². The van der Waals surface area contributed by atoms with Gasteiger partial charge in [0.1, 0.15) is 0 Å². The van der Waals surface area contributed by atoms with Crippen molar-refractivity contribution in [1.29, 1.82) is 0 Å². The van der Waals surface area contributed by atoms with Crippen molar-refractivity contribution in [2.24, 2.45) is 0 Å². The van der Waals surface area contributed by atoms with Crippen LogP contribution < -0.4 is 5.32 Å². The molecule has 0 aliphatic carbocycles. The van der Waals surface area contributed by atoms with Crippen LogP contribution in [0.4, 0.5) is 32.0 Å². The highest BCUT2D eigenvalue weighted by Crippen LogP contribution is 2.39. The molecule has 5 rings (SSSR count). The number of anilines is 1. The van der Waals surface area contributed by atoms with E-state index in [1.165, 1.54) is 18.2 Å². The van der Waals surface area contributed by atoms with E-state index in [1.54, 1.807) is 60.7 Å². The van der Waals surface area contributed by atoms with E-state index in [0.29, 0.717) is 22.4 Å². The average Bonchev–Trinajstić information content (AvgIpc) is 2.94. The van der Waals surface area contributed by atoms with E-state index in [9.17, 15) is 31.1 Å². The molecule has 1 aromatic heterocycles. The summed E-state index contributed by atoms with van der Waals surface area (Å²) < 4.78 is 80.8. The molecule has 9 heteroatoms. The predicted octanol–water partition coefficient (Wildman–Crippen LogP) is 8.78. The quantitative estimate of drug-likeness (QED) is 0.170. The summed E-state index contributed by atoms with van der Waals surface area (Å²) in [5, 5.41) is 3.21. The van der Waals surface area contributed by atoms with Gasteiger partial charge in [-0.25, -0.2) is 0 Å². The Morgan fingerprint density at radius 1 is 0.750 bits per heavy atom. The summed E-state index contributed by atoms with van der Waals surface area (Å²) in [6.45, 7) is 0.0679. The van der Waals surface area contributed by atoms with E-state index >= 15 is 0 Å². The van der Waals surface area contributed by atoms with Gasteiger partial charge in [-0.15, -0.1) is 0 Å². The number of rotatable bonds is 6. The molecule has 0 saturated heterocycles. The minimum Gasteiger partial charge on any atom is -0.381 e. The molecule has 0 aliphatic heterocycles. The number of aromatic nitrogens is 1. The second-order valence-corrected chi connectivity index (χ2v) is 9.07. The first kappa shape index (κ1) is 26.9. The first-order valence-corrected chi connectivity index (χ1v) is 12.1. The molecule has 0 bridgehead atoms. The van der Waals surface area contributed by atoms with Gasteiger partial charge in [0.25, 0.3) is 0 Å². The molecule has 1 heterocycles. The number of carbonyl (C=O) groups is 1. The van der Waals surface area contributed by atoms with Gasteiger partial charge in [-0.3, -0.25) is 9.78 Å². The van der Waals surface area contributed by atoms with Crippen LogP contribution in [0.2, 0.25) is 0 Å². The van der Waals surface area contributed by atoms with Crippen molar-refractivity contribution in [3.05, 3.63) is 131 Å². The zero-order valence-electron chi connectivity index (χ0n) is 20.6. The van der Waals surface area contributed by atoms with Crippen LogP contribution in [0.3, 0.4) is 0 Å². The molecule has 1 N–H and O–H groups in total. The summed E-state index contributed by atoms with van der Waals surface area (Å²) in [6.07, 6.45) is -7.98. The third-order valence-corrected chi connectivity index (χ3v) is 6.39. The lowest BCUT2D eigenvalue weighted by Gasteiger charge is -2.17. The Morgan fingerprint density at radius 3 is 2.20 bits per heavy atom. The van der Waals surface area contributed by atoms with E-state index in [2.05, 4.69) is 10.3 Å². The Kier molecular flexibility index (Phi) is 7.06. The summed E-state index contributed by atoms with van der Waals surface area (Å²) in [6, 6.07) is 23.5. The first-order chi connectivity index (χ1) is 19.0. The molecule has 0 spiro atoms. The van der Waals surface area contributed by atoms with Crippen molar-refractivity contribution in [3.63, 3.8) is 0 Å². The number of nitrogens with one attached hydrogen (secondary N) is 1. The Hall–Kier alpha value is -4.66. The predicted molar refractivity (Wildman–Crippen MR) is 141 cm³/mol. The van der Waals surface area contributed by atoms with Gasteiger partial charge in [0, 0.05) is 40.5 Å². The van der Waals surface area contributed by atoms with Gasteiger partial charge < -0.3 is 5.32 Å². The van der Waals surface area contributed by atoms with Gasteiger partial charge in [0.05, 0.1) is 16.6 Å². The lowest BCUT2D eigenvalue weighted by Crippen LogP contribution is -2.09. The molecule has 0 aliphatic rings. The summed E-state index contributed by atoms with van der Waals surface area (Å²) >= 11 is 0. The van der Waals surface area contributed by atoms with E-state index in [0.717, 1.165) is 24.4 Å². The Balaban J connectivity index is 1.60. The number of nitrogens with zero attached hydrogens (tertiary/aromatic N) is 1. The molecule has 0 saturated carbocycles. The zero-order chi connectivity index (χ0) is 28.5. The number of para-hydroxylation sites is 1. The number of halogens is 6. The van der Waals surface area contributed by atoms with Gasteiger partial charge in [0.2, 0.25) is 0 Å². The van der Waals surface area contributed by atoms with Crippen LogP contribution in [0.5, 0.6) is 0 Å².